The molecule has 118 valence electrons. The van der Waals surface area contributed by atoms with E-state index in [-0.39, 0.29) is 11.9 Å². The highest BCUT2D eigenvalue weighted by molar-refractivity contribution is 7.99. The molecule has 0 spiro atoms. The van der Waals surface area contributed by atoms with Crippen LogP contribution in [0.25, 0.3) is 0 Å². The van der Waals surface area contributed by atoms with Gasteiger partial charge in [-0.3, -0.25) is 4.79 Å². The third kappa shape index (κ3) is 4.58. The van der Waals surface area contributed by atoms with Crippen molar-refractivity contribution in [1.29, 1.82) is 0 Å². The summed E-state index contributed by atoms with van der Waals surface area (Å²) in [5.41, 5.74) is 3.55. The second-order valence-corrected chi connectivity index (χ2v) is 7.78. The van der Waals surface area contributed by atoms with Gasteiger partial charge in [0.15, 0.2) is 0 Å². The van der Waals surface area contributed by atoms with Gasteiger partial charge < -0.3 is 5.32 Å². The molecule has 1 aromatic carbocycles. The Balaban J connectivity index is 1.81. The van der Waals surface area contributed by atoms with Crippen LogP contribution in [0.1, 0.15) is 39.7 Å². The maximum Gasteiger partial charge on any atom is 0.230 e. The maximum atomic E-state index is 12.1. The van der Waals surface area contributed by atoms with E-state index in [4.69, 9.17) is 0 Å². The van der Waals surface area contributed by atoms with Crippen molar-refractivity contribution in [3.05, 3.63) is 51.0 Å². The van der Waals surface area contributed by atoms with Crippen LogP contribution in [0.5, 0.6) is 0 Å². The number of carbonyl (C=O) groups is 1. The summed E-state index contributed by atoms with van der Waals surface area (Å²) in [6.45, 7) is 8.14. The fourth-order valence-corrected chi connectivity index (χ4v) is 4.15. The monoisotopic (exact) mass is 334 g/mol. The first-order valence-corrected chi connectivity index (χ1v) is 9.30. The van der Waals surface area contributed by atoms with Crippen LogP contribution in [0.4, 0.5) is 0 Å². The van der Waals surface area contributed by atoms with Gasteiger partial charge in [0.25, 0.3) is 0 Å². The first kappa shape index (κ1) is 17.0. The Morgan fingerprint density at radius 2 is 2.05 bits per heavy atom. The lowest BCUT2D eigenvalue weighted by atomic mass is 10.1. The SMILES string of the molecule is Cc1nc([C@@H](C)NC(=O)CSCc2ccccc2C)c(C)s1. The smallest absolute Gasteiger partial charge is 0.230 e. The lowest BCUT2D eigenvalue weighted by Gasteiger charge is -2.13. The summed E-state index contributed by atoms with van der Waals surface area (Å²) in [5, 5.41) is 4.08. The predicted octanol–water partition coefficient (Wildman–Crippen LogP) is 4.18. The molecule has 22 heavy (non-hydrogen) atoms. The number of rotatable bonds is 6. The summed E-state index contributed by atoms with van der Waals surface area (Å²) < 4.78 is 0. The Hall–Kier alpha value is -1.33. The van der Waals surface area contributed by atoms with Crippen molar-refractivity contribution in [2.45, 2.75) is 39.5 Å². The molecular formula is C17H22N2OS2. The summed E-state index contributed by atoms with van der Waals surface area (Å²) in [6, 6.07) is 8.26. The Morgan fingerprint density at radius 1 is 1.32 bits per heavy atom. The van der Waals surface area contributed by atoms with Crippen molar-refractivity contribution in [1.82, 2.24) is 10.3 Å². The van der Waals surface area contributed by atoms with E-state index in [2.05, 4.69) is 36.3 Å². The molecule has 0 unspecified atom stereocenters. The number of hydrogen-bond donors (Lipinski definition) is 1. The second kappa shape index (κ2) is 7.79. The zero-order chi connectivity index (χ0) is 16.1. The summed E-state index contributed by atoms with van der Waals surface area (Å²) in [5.74, 6) is 1.40. The molecule has 1 heterocycles. The standard InChI is InChI=1S/C17H22N2OS2/c1-11-7-5-6-8-15(11)9-21-10-16(20)18-12(2)17-13(3)22-14(4)19-17/h5-8,12H,9-10H2,1-4H3,(H,18,20)/t12-/m1/s1. The van der Waals surface area contributed by atoms with E-state index in [1.807, 2.05) is 26.0 Å². The molecule has 0 saturated carbocycles. The van der Waals surface area contributed by atoms with Crippen molar-refractivity contribution >= 4 is 29.0 Å². The average molecular weight is 335 g/mol. The molecule has 0 aliphatic rings. The number of carbonyl (C=O) groups excluding carboxylic acids is 1. The Labute approximate surface area is 140 Å². The Kier molecular flexibility index (Phi) is 6.03. The summed E-state index contributed by atoms with van der Waals surface area (Å²) in [4.78, 5) is 17.7. The number of amides is 1. The van der Waals surface area contributed by atoms with E-state index in [0.717, 1.165) is 16.5 Å². The van der Waals surface area contributed by atoms with Gasteiger partial charge in [-0.2, -0.15) is 0 Å². The number of thioether (sulfide) groups is 1. The van der Waals surface area contributed by atoms with Crippen LogP contribution < -0.4 is 5.32 Å². The number of thiazole rings is 1. The van der Waals surface area contributed by atoms with Gasteiger partial charge in [-0.05, 0) is 38.8 Å². The number of aromatic nitrogens is 1. The van der Waals surface area contributed by atoms with E-state index in [1.54, 1.807) is 23.1 Å². The van der Waals surface area contributed by atoms with Crippen LogP contribution in [-0.2, 0) is 10.5 Å². The molecular weight excluding hydrogens is 312 g/mol. The van der Waals surface area contributed by atoms with Crippen LogP contribution in [-0.4, -0.2) is 16.6 Å². The number of nitrogens with one attached hydrogen (secondary N) is 1. The quantitative estimate of drug-likeness (QED) is 0.862. The van der Waals surface area contributed by atoms with Gasteiger partial charge in [0.2, 0.25) is 5.91 Å². The molecule has 2 rings (SSSR count). The molecule has 1 atom stereocenters. The van der Waals surface area contributed by atoms with Crippen molar-refractivity contribution in [3.8, 4) is 0 Å². The van der Waals surface area contributed by atoms with E-state index in [9.17, 15) is 4.79 Å². The first-order valence-electron chi connectivity index (χ1n) is 7.33. The van der Waals surface area contributed by atoms with Crippen LogP contribution >= 0.6 is 23.1 Å². The Bertz CT molecular complexity index is 652. The molecule has 1 N–H and O–H groups in total. The second-order valence-electron chi connectivity index (χ2n) is 5.38. The van der Waals surface area contributed by atoms with E-state index < -0.39 is 0 Å². The third-order valence-electron chi connectivity index (χ3n) is 3.48. The van der Waals surface area contributed by atoms with Crippen molar-refractivity contribution in [2.24, 2.45) is 0 Å². The van der Waals surface area contributed by atoms with Crippen molar-refractivity contribution < 1.29 is 4.79 Å². The summed E-state index contributed by atoms with van der Waals surface area (Å²) >= 11 is 3.32. The summed E-state index contributed by atoms with van der Waals surface area (Å²) in [6.07, 6.45) is 0. The zero-order valence-corrected chi connectivity index (χ0v) is 15.1. The topological polar surface area (TPSA) is 42.0 Å². The fourth-order valence-electron chi connectivity index (χ4n) is 2.32. The van der Waals surface area contributed by atoms with Crippen LogP contribution in [0, 0.1) is 20.8 Å². The molecule has 0 radical (unpaired) electrons. The third-order valence-corrected chi connectivity index (χ3v) is 5.36. The largest absolute Gasteiger partial charge is 0.347 e. The number of nitrogens with zero attached hydrogens (tertiary/aromatic N) is 1. The number of benzene rings is 1. The minimum Gasteiger partial charge on any atom is -0.347 e. The molecule has 0 aliphatic carbocycles. The van der Waals surface area contributed by atoms with Gasteiger partial charge in [-0.1, -0.05) is 24.3 Å². The molecule has 5 heteroatoms. The minimum absolute atomic E-state index is 0.0310. The van der Waals surface area contributed by atoms with Crippen molar-refractivity contribution in [2.75, 3.05) is 5.75 Å². The molecule has 1 amide bonds. The van der Waals surface area contributed by atoms with Gasteiger partial charge in [-0.15, -0.1) is 23.1 Å². The molecule has 1 aromatic heterocycles. The molecule has 2 aromatic rings. The molecule has 0 saturated heterocycles. The number of hydrogen-bond acceptors (Lipinski definition) is 4. The Morgan fingerprint density at radius 3 is 2.68 bits per heavy atom. The molecule has 3 nitrogen and oxygen atoms in total. The minimum atomic E-state index is -0.0310. The maximum absolute atomic E-state index is 12.1. The van der Waals surface area contributed by atoms with Gasteiger partial charge in [0, 0.05) is 10.6 Å². The highest BCUT2D eigenvalue weighted by Gasteiger charge is 2.15. The normalized spacial score (nSPS) is 12.2. The van der Waals surface area contributed by atoms with Crippen LogP contribution in [0.3, 0.4) is 0 Å². The van der Waals surface area contributed by atoms with Crippen LogP contribution in [0.15, 0.2) is 24.3 Å². The lowest BCUT2D eigenvalue weighted by Crippen LogP contribution is -2.28. The van der Waals surface area contributed by atoms with E-state index in [0.29, 0.717) is 5.75 Å². The fraction of sp³-hybridized carbons (Fsp3) is 0.412. The predicted molar refractivity (Wildman–Crippen MR) is 95.5 cm³/mol. The molecule has 0 bridgehead atoms. The van der Waals surface area contributed by atoms with Gasteiger partial charge in [-0.25, -0.2) is 4.98 Å². The first-order chi connectivity index (χ1) is 10.5. The van der Waals surface area contributed by atoms with Crippen LogP contribution in [0.2, 0.25) is 0 Å². The summed E-state index contributed by atoms with van der Waals surface area (Å²) in [7, 11) is 0. The van der Waals surface area contributed by atoms with Gasteiger partial charge in [0.1, 0.15) is 0 Å². The average Bonchev–Trinajstić information content (AvgIpc) is 2.80. The highest BCUT2D eigenvalue weighted by atomic mass is 32.2. The van der Waals surface area contributed by atoms with Gasteiger partial charge in [0.05, 0.1) is 22.5 Å². The highest BCUT2D eigenvalue weighted by Crippen LogP contribution is 2.22. The van der Waals surface area contributed by atoms with Gasteiger partial charge >= 0.3 is 0 Å². The lowest BCUT2D eigenvalue weighted by molar-refractivity contribution is -0.119. The zero-order valence-electron chi connectivity index (χ0n) is 13.5. The number of aryl methyl sites for hydroxylation is 3. The van der Waals surface area contributed by atoms with E-state index >= 15 is 0 Å². The molecule has 0 aliphatic heterocycles. The molecule has 0 fully saturated rings. The van der Waals surface area contributed by atoms with E-state index in [1.165, 1.54) is 16.0 Å². The van der Waals surface area contributed by atoms with Crippen molar-refractivity contribution in [3.63, 3.8) is 0 Å².